The summed E-state index contributed by atoms with van der Waals surface area (Å²) >= 11 is 0. The van der Waals surface area contributed by atoms with Gasteiger partial charge in [0.05, 0.1) is 11.0 Å². The van der Waals surface area contributed by atoms with Crippen LogP contribution >= 0.6 is 0 Å². The number of nitro benzene ring substituents is 1. The number of aliphatic hydroxyl groups is 1. The number of ether oxygens (including phenoxy) is 1. The minimum atomic E-state index is -1.40. The first-order valence-electron chi connectivity index (χ1n) is 8.70. The average molecular weight is 358 g/mol. The molecule has 2 aromatic rings. The molecule has 0 aliphatic carbocycles. The number of unbranched alkanes of at least 4 members (excludes halogenated alkanes) is 1. The lowest BCUT2D eigenvalue weighted by molar-refractivity contribution is -0.385. The molecular formula is C19H22N2O5. The fraction of sp³-hybridized carbons (Fsp3) is 0.421. The minimum Gasteiger partial charge on any atom is -0.487 e. The lowest BCUT2D eigenvalue weighted by Gasteiger charge is -2.45. The largest absolute Gasteiger partial charge is 0.487 e. The average Bonchev–Trinajstić information content (AvgIpc) is 2.60. The summed E-state index contributed by atoms with van der Waals surface area (Å²) in [5.41, 5.74) is -1.36. The summed E-state index contributed by atoms with van der Waals surface area (Å²) in [4.78, 5) is 23.1. The molecule has 26 heavy (non-hydrogen) atoms. The van der Waals surface area contributed by atoms with Gasteiger partial charge in [0.25, 0.3) is 11.2 Å². The minimum absolute atomic E-state index is 0.107. The molecule has 0 spiro atoms. The van der Waals surface area contributed by atoms with E-state index in [0.717, 1.165) is 12.8 Å². The molecule has 3 atom stereocenters. The zero-order chi connectivity index (χ0) is 18.9. The molecule has 2 heterocycles. The van der Waals surface area contributed by atoms with Crippen molar-refractivity contribution in [2.45, 2.75) is 50.9 Å². The van der Waals surface area contributed by atoms with E-state index in [1.54, 1.807) is 31.3 Å². The first-order chi connectivity index (χ1) is 12.4. The van der Waals surface area contributed by atoms with Crippen molar-refractivity contribution in [2.75, 3.05) is 0 Å². The van der Waals surface area contributed by atoms with Gasteiger partial charge < -0.3 is 14.4 Å². The first-order valence-corrected chi connectivity index (χ1v) is 8.70. The van der Waals surface area contributed by atoms with Gasteiger partial charge in [-0.2, -0.15) is 0 Å². The van der Waals surface area contributed by atoms with Crippen LogP contribution in [0.1, 0.15) is 44.7 Å². The Hall–Kier alpha value is -2.67. The van der Waals surface area contributed by atoms with E-state index in [9.17, 15) is 20.0 Å². The number of non-ortho nitro benzene ring substituents is 1. The molecule has 0 bridgehead atoms. The molecule has 3 unspecified atom stereocenters. The number of benzene rings is 1. The van der Waals surface area contributed by atoms with Crippen LogP contribution in [-0.4, -0.2) is 26.3 Å². The highest BCUT2D eigenvalue weighted by atomic mass is 16.6. The van der Waals surface area contributed by atoms with Gasteiger partial charge in [0.2, 0.25) is 0 Å². The highest BCUT2D eigenvalue weighted by Crippen LogP contribution is 2.45. The molecule has 7 nitrogen and oxygen atoms in total. The lowest BCUT2D eigenvalue weighted by atomic mass is 9.80. The maximum Gasteiger partial charge on any atom is 0.270 e. The SMILES string of the molecule is CCCCC1Oc2ccc([N+](=O)[O-])cc2C(n2ccccc2=O)C1(C)O. The second-order valence-electron chi connectivity index (χ2n) is 6.80. The summed E-state index contributed by atoms with van der Waals surface area (Å²) in [7, 11) is 0. The van der Waals surface area contributed by atoms with Crippen molar-refractivity contribution in [1.29, 1.82) is 0 Å². The van der Waals surface area contributed by atoms with Crippen LogP contribution in [0.15, 0.2) is 47.4 Å². The lowest BCUT2D eigenvalue weighted by Crippen LogP contribution is -2.54. The molecule has 1 aliphatic heterocycles. The van der Waals surface area contributed by atoms with Crippen LogP contribution in [0.4, 0.5) is 5.69 Å². The maximum atomic E-state index is 12.4. The predicted octanol–water partition coefficient (Wildman–Crippen LogP) is 3.05. The van der Waals surface area contributed by atoms with Crippen LogP contribution in [0, 0.1) is 10.1 Å². The summed E-state index contributed by atoms with van der Waals surface area (Å²) in [6.07, 6.45) is 3.50. The van der Waals surface area contributed by atoms with Crippen LogP contribution in [0.5, 0.6) is 5.75 Å². The van der Waals surface area contributed by atoms with E-state index in [2.05, 4.69) is 0 Å². The van der Waals surface area contributed by atoms with E-state index in [-0.39, 0.29) is 11.2 Å². The fourth-order valence-electron chi connectivity index (χ4n) is 3.56. The Labute approximate surface area is 151 Å². The van der Waals surface area contributed by atoms with Crippen molar-refractivity contribution in [3.8, 4) is 5.75 Å². The molecule has 1 aliphatic rings. The molecule has 3 rings (SSSR count). The Morgan fingerprint density at radius 1 is 1.35 bits per heavy atom. The van der Waals surface area contributed by atoms with Gasteiger partial charge in [-0.15, -0.1) is 0 Å². The zero-order valence-electron chi connectivity index (χ0n) is 14.8. The Morgan fingerprint density at radius 2 is 2.12 bits per heavy atom. The molecular weight excluding hydrogens is 336 g/mol. The fourth-order valence-corrected chi connectivity index (χ4v) is 3.56. The van der Waals surface area contributed by atoms with Crippen LogP contribution in [0.2, 0.25) is 0 Å². The Morgan fingerprint density at radius 3 is 2.77 bits per heavy atom. The normalized spacial score (nSPS) is 24.6. The summed E-state index contributed by atoms with van der Waals surface area (Å²) in [6, 6.07) is 8.25. The van der Waals surface area contributed by atoms with Crippen molar-refractivity contribution in [3.63, 3.8) is 0 Å². The van der Waals surface area contributed by atoms with Crippen molar-refractivity contribution in [2.24, 2.45) is 0 Å². The number of aromatic nitrogens is 1. The van der Waals surface area contributed by atoms with Gasteiger partial charge in [0, 0.05) is 30.0 Å². The molecule has 138 valence electrons. The van der Waals surface area contributed by atoms with Crippen LogP contribution in [0.3, 0.4) is 0 Å². The molecule has 0 fully saturated rings. The summed E-state index contributed by atoms with van der Waals surface area (Å²) < 4.78 is 7.41. The van der Waals surface area contributed by atoms with Gasteiger partial charge >= 0.3 is 0 Å². The maximum absolute atomic E-state index is 12.4. The monoisotopic (exact) mass is 358 g/mol. The number of pyridine rings is 1. The van der Waals surface area contributed by atoms with E-state index in [4.69, 9.17) is 4.74 Å². The van der Waals surface area contributed by atoms with Crippen molar-refractivity contribution in [3.05, 3.63) is 68.6 Å². The van der Waals surface area contributed by atoms with Gasteiger partial charge in [-0.05, 0) is 31.9 Å². The van der Waals surface area contributed by atoms with Crippen LogP contribution < -0.4 is 10.3 Å². The second kappa shape index (κ2) is 6.92. The summed E-state index contributed by atoms with van der Waals surface area (Å²) in [6.45, 7) is 3.67. The van der Waals surface area contributed by atoms with Crippen LogP contribution in [0.25, 0.3) is 0 Å². The van der Waals surface area contributed by atoms with E-state index >= 15 is 0 Å². The van der Waals surface area contributed by atoms with Crippen LogP contribution in [-0.2, 0) is 0 Å². The molecule has 7 heteroatoms. The second-order valence-corrected chi connectivity index (χ2v) is 6.80. The van der Waals surface area contributed by atoms with Gasteiger partial charge in [0.1, 0.15) is 17.5 Å². The third kappa shape index (κ3) is 3.10. The Balaban J connectivity index is 2.20. The van der Waals surface area contributed by atoms with Crippen molar-refractivity contribution < 1.29 is 14.8 Å². The number of hydrogen-bond acceptors (Lipinski definition) is 5. The molecule has 1 N–H and O–H groups in total. The summed E-state index contributed by atoms with van der Waals surface area (Å²) in [5.74, 6) is 0.462. The first kappa shape index (κ1) is 18.1. The number of nitro groups is 1. The summed E-state index contributed by atoms with van der Waals surface area (Å²) in [5, 5.41) is 22.5. The van der Waals surface area contributed by atoms with Gasteiger partial charge in [-0.25, -0.2) is 0 Å². The molecule has 0 amide bonds. The Bertz CT molecular complexity index is 874. The highest BCUT2D eigenvalue weighted by molar-refractivity contribution is 5.48. The van der Waals surface area contributed by atoms with Crippen molar-refractivity contribution >= 4 is 5.69 Å². The predicted molar refractivity (Wildman–Crippen MR) is 96.5 cm³/mol. The number of rotatable bonds is 5. The van der Waals surface area contributed by atoms with E-state index in [0.29, 0.717) is 17.7 Å². The van der Waals surface area contributed by atoms with E-state index in [1.165, 1.54) is 22.8 Å². The third-order valence-electron chi connectivity index (χ3n) is 4.92. The molecule has 1 aromatic carbocycles. The van der Waals surface area contributed by atoms with Gasteiger partial charge in [0.15, 0.2) is 0 Å². The molecule has 1 aromatic heterocycles. The Kier molecular flexibility index (Phi) is 4.82. The third-order valence-corrected chi connectivity index (χ3v) is 4.92. The van der Waals surface area contributed by atoms with Gasteiger partial charge in [-0.1, -0.05) is 19.4 Å². The molecule has 0 saturated carbocycles. The topological polar surface area (TPSA) is 94.6 Å². The molecule has 0 saturated heterocycles. The van der Waals surface area contributed by atoms with Crippen molar-refractivity contribution in [1.82, 2.24) is 4.57 Å². The standard InChI is InChI=1S/C19H22N2O5/c1-3-4-7-16-19(2,23)18(20-11-6-5-8-17(20)22)14-12-13(21(24)25)9-10-15(14)26-16/h5-6,8-12,16,18,23H,3-4,7H2,1-2H3. The number of fused-ring (bicyclic) bond motifs is 1. The van der Waals surface area contributed by atoms with E-state index < -0.39 is 22.7 Å². The molecule has 0 radical (unpaired) electrons. The number of hydrogen-bond donors (Lipinski definition) is 1. The quantitative estimate of drug-likeness (QED) is 0.655. The van der Waals surface area contributed by atoms with Gasteiger partial charge in [-0.3, -0.25) is 14.9 Å². The highest BCUT2D eigenvalue weighted by Gasteiger charge is 2.48. The van der Waals surface area contributed by atoms with E-state index in [1.807, 2.05) is 6.92 Å². The smallest absolute Gasteiger partial charge is 0.270 e. The zero-order valence-corrected chi connectivity index (χ0v) is 14.8. The number of nitrogens with zero attached hydrogens (tertiary/aromatic N) is 2.